The summed E-state index contributed by atoms with van der Waals surface area (Å²) < 4.78 is 1.03. The lowest BCUT2D eigenvalue weighted by Gasteiger charge is -2.13. The summed E-state index contributed by atoms with van der Waals surface area (Å²) in [6, 6.07) is 16.3. The fourth-order valence-corrected chi connectivity index (χ4v) is 3.79. The molecule has 2 aromatic carbocycles. The Morgan fingerprint density at radius 1 is 1.00 bits per heavy atom. The van der Waals surface area contributed by atoms with Crippen molar-refractivity contribution < 1.29 is 14.7 Å². The molecule has 0 unspecified atom stereocenters. The van der Waals surface area contributed by atoms with Crippen LogP contribution in [0.1, 0.15) is 32.7 Å². The van der Waals surface area contributed by atoms with Crippen LogP contribution < -0.4 is 5.56 Å². The van der Waals surface area contributed by atoms with E-state index < -0.39 is 11.5 Å². The Morgan fingerprint density at radius 3 is 2.27 bits per heavy atom. The average molecular weight is 347 g/mol. The zero-order valence-corrected chi connectivity index (χ0v) is 14.0. The van der Waals surface area contributed by atoms with Gasteiger partial charge in [0.15, 0.2) is 0 Å². The van der Waals surface area contributed by atoms with Crippen LogP contribution in [0, 0.1) is 5.92 Å². The molecular weight excluding hydrogens is 330 g/mol. The van der Waals surface area contributed by atoms with E-state index in [1.54, 1.807) is 24.3 Å². The Labute approximate surface area is 149 Å². The zero-order valence-electron chi connectivity index (χ0n) is 14.0. The number of carboxylic acids is 1. The van der Waals surface area contributed by atoms with Gasteiger partial charge >= 0.3 is 5.97 Å². The number of para-hydroxylation sites is 1. The molecule has 1 aliphatic carbocycles. The summed E-state index contributed by atoms with van der Waals surface area (Å²) in [6.07, 6.45) is 1.81. The van der Waals surface area contributed by atoms with Crippen molar-refractivity contribution >= 4 is 22.8 Å². The minimum atomic E-state index is -1.32. The standard InChI is InChI=1S/C21H17NO4/c23-19(11-13-9-14-5-1-2-6-15(14)10-13)22-18-8-4-3-7-16(18)12-17(20(22)24)21(25)26/h1-8,12-13H,9-11H2,(H,25,26). The molecule has 26 heavy (non-hydrogen) atoms. The number of fused-ring (bicyclic) bond motifs is 2. The van der Waals surface area contributed by atoms with Gasteiger partial charge in [-0.15, -0.1) is 0 Å². The number of aromatic carboxylic acids is 1. The highest BCUT2D eigenvalue weighted by Gasteiger charge is 2.26. The maximum absolute atomic E-state index is 12.9. The number of aromatic nitrogens is 1. The molecule has 0 spiro atoms. The number of benzene rings is 2. The second kappa shape index (κ2) is 6.26. The summed E-state index contributed by atoms with van der Waals surface area (Å²) in [4.78, 5) is 37.0. The van der Waals surface area contributed by atoms with Gasteiger partial charge in [-0.2, -0.15) is 0 Å². The Morgan fingerprint density at radius 2 is 1.62 bits per heavy atom. The van der Waals surface area contributed by atoms with Gasteiger partial charge in [0.2, 0.25) is 5.91 Å². The molecule has 0 aliphatic heterocycles. The van der Waals surface area contributed by atoms with Crippen molar-refractivity contribution in [1.29, 1.82) is 0 Å². The Balaban J connectivity index is 1.72. The first-order chi connectivity index (χ1) is 12.5. The van der Waals surface area contributed by atoms with E-state index in [1.807, 2.05) is 12.1 Å². The van der Waals surface area contributed by atoms with E-state index in [1.165, 1.54) is 17.2 Å². The van der Waals surface area contributed by atoms with Crippen LogP contribution in [0.25, 0.3) is 10.9 Å². The molecule has 5 nitrogen and oxygen atoms in total. The average Bonchev–Trinajstić information content (AvgIpc) is 3.02. The largest absolute Gasteiger partial charge is 0.477 e. The highest BCUT2D eigenvalue weighted by Crippen LogP contribution is 2.29. The second-order valence-electron chi connectivity index (χ2n) is 6.70. The van der Waals surface area contributed by atoms with Crippen molar-refractivity contribution in [2.24, 2.45) is 5.92 Å². The number of rotatable bonds is 3. The number of carbonyl (C=O) groups excluding carboxylic acids is 1. The summed E-state index contributed by atoms with van der Waals surface area (Å²) in [7, 11) is 0. The summed E-state index contributed by atoms with van der Waals surface area (Å²) in [6.45, 7) is 0. The fraction of sp³-hybridized carbons (Fsp3) is 0.190. The first-order valence-electron chi connectivity index (χ1n) is 8.52. The molecule has 1 aromatic heterocycles. The second-order valence-corrected chi connectivity index (χ2v) is 6.70. The van der Waals surface area contributed by atoms with E-state index in [2.05, 4.69) is 12.1 Å². The van der Waals surface area contributed by atoms with Crippen LogP contribution in [-0.4, -0.2) is 21.6 Å². The molecule has 1 aliphatic rings. The highest BCUT2D eigenvalue weighted by molar-refractivity contribution is 5.97. The normalized spacial score (nSPS) is 13.7. The summed E-state index contributed by atoms with van der Waals surface area (Å²) >= 11 is 0. The molecular formula is C21H17NO4. The van der Waals surface area contributed by atoms with Gasteiger partial charge in [-0.3, -0.25) is 9.59 Å². The molecule has 0 amide bonds. The fourth-order valence-electron chi connectivity index (χ4n) is 3.79. The van der Waals surface area contributed by atoms with Crippen LogP contribution >= 0.6 is 0 Å². The van der Waals surface area contributed by atoms with E-state index in [-0.39, 0.29) is 23.8 Å². The maximum atomic E-state index is 12.9. The molecule has 0 fully saturated rings. The molecule has 5 heteroatoms. The molecule has 0 bridgehead atoms. The van der Waals surface area contributed by atoms with Crippen molar-refractivity contribution in [2.75, 3.05) is 0 Å². The molecule has 1 heterocycles. The van der Waals surface area contributed by atoms with Crippen LogP contribution in [-0.2, 0) is 12.8 Å². The van der Waals surface area contributed by atoms with Crippen LogP contribution in [0.3, 0.4) is 0 Å². The Bertz CT molecular complexity index is 1070. The summed E-state index contributed by atoms with van der Waals surface area (Å²) in [5.41, 5.74) is 1.77. The number of carboxylic acid groups (broad SMARTS) is 1. The molecule has 0 saturated heterocycles. The van der Waals surface area contributed by atoms with E-state index in [0.29, 0.717) is 10.9 Å². The Hall–Kier alpha value is -3.21. The predicted octanol–water partition coefficient (Wildman–Crippen LogP) is 3.15. The third-order valence-corrected chi connectivity index (χ3v) is 4.99. The third kappa shape index (κ3) is 2.71. The summed E-state index contributed by atoms with van der Waals surface area (Å²) in [5, 5.41) is 9.87. The van der Waals surface area contributed by atoms with E-state index in [0.717, 1.165) is 17.4 Å². The quantitative estimate of drug-likeness (QED) is 0.790. The Kier molecular flexibility index (Phi) is 3.92. The number of hydrogen-bond acceptors (Lipinski definition) is 3. The maximum Gasteiger partial charge on any atom is 0.341 e. The van der Waals surface area contributed by atoms with Gasteiger partial charge in [0, 0.05) is 6.42 Å². The number of pyridine rings is 1. The van der Waals surface area contributed by atoms with Gasteiger partial charge in [0.1, 0.15) is 5.56 Å². The lowest BCUT2D eigenvalue weighted by Crippen LogP contribution is -2.32. The molecule has 0 atom stereocenters. The number of hydrogen-bond donors (Lipinski definition) is 1. The van der Waals surface area contributed by atoms with E-state index in [9.17, 15) is 19.5 Å². The highest BCUT2D eigenvalue weighted by atomic mass is 16.4. The van der Waals surface area contributed by atoms with E-state index >= 15 is 0 Å². The van der Waals surface area contributed by atoms with Crippen LogP contribution in [0.2, 0.25) is 0 Å². The SMILES string of the molecule is O=C(O)c1cc2ccccc2n(C(=O)CC2Cc3ccccc3C2)c1=O. The van der Waals surface area contributed by atoms with Crippen molar-refractivity contribution in [3.63, 3.8) is 0 Å². The van der Waals surface area contributed by atoms with Crippen molar-refractivity contribution in [1.82, 2.24) is 4.57 Å². The number of nitrogens with zero attached hydrogens (tertiary/aromatic N) is 1. The van der Waals surface area contributed by atoms with Gasteiger partial charge in [-0.25, -0.2) is 9.36 Å². The molecule has 3 aromatic rings. The lowest BCUT2D eigenvalue weighted by atomic mass is 10.0. The van der Waals surface area contributed by atoms with Crippen LogP contribution in [0.4, 0.5) is 0 Å². The van der Waals surface area contributed by atoms with Crippen LogP contribution in [0.5, 0.6) is 0 Å². The van der Waals surface area contributed by atoms with Gasteiger partial charge in [0.25, 0.3) is 5.56 Å². The van der Waals surface area contributed by atoms with Gasteiger partial charge in [0.05, 0.1) is 5.52 Å². The predicted molar refractivity (Wildman–Crippen MR) is 97.8 cm³/mol. The molecule has 0 saturated carbocycles. The summed E-state index contributed by atoms with van der Waals surface area (Å²) in [5.74, 6) is -1.55. The van der Waals surface area contributed by atoms with Gasteiger partial charge < -0.3 is 5.11 Å². The lowest BCUT2D eigenvalue weighted by molar-refractivity contribution is 0.0694. The van der Waals surface area contributed by atoms with Crippen molar-refractivity contribution in [3.05, 3.63) is 81.6 Å². The first-order valence-corrected chi connectivity index (χ1v) is 8.52. The minimum absolute atomic E-state index is 0.124. The molecule has 1 N–H and O–H groups in total. The van der Waals surface area contributed by atoms with E-state index in [4.69, 9.17) is 0 Å². The monoisotopic (exact) mass is 347 g/mol. The number of carbonyl (C=O) groups is 2. The van der Waals surface area contributed by atoms with Gasteiger partial charge in [-0.05, 0) is 47.4 Å². The smallest absolute Gasteiger partial charge is 0.341 e. The topological polar surface area (TPSA) is 76.4 Å². The third-order valence-electron chi connectivity index (χ3n) is 4.99. The first kappa shape index (κ1) is 16.3. The van der Waals surface area contributed by atoms with Crippen LogP contribution in [0.15, 0.2) is 59.4 Å². The zero-order chi connectivity index (χ0) is 18.3. The van der Waals surface area contributed by atoms with Gasteiger partial charge in [-0.1, -0.05) is 42.5 Å². The molecule has 130 valence electrons. The van der Waals surface area contributed by atoms with Crippen molar-refractivity contribution in [3.8, 4) is 0 Å². The molecule has 0 radical (unpaired) electrons. The van der Waals surface area contributed by atoms with Crippen molar-refractivity contribution in [2.45, 2.75) is 19.3 Å². The molecule has 4 rings (SSSR count). The minimum Gasteiger partial charge on any atom is -0.477 e.